The Morgan fingerprint density at radius 3 is 2.75 bits per heavy atom. The highest BCUT2D eigenvalue weighted by Crippen LogP contribution is 2.31. The second-order valence-corrected chi connectivity index (χ2v) is 7.05. The lowest BCUT2D eigenvalue weighted by molar-refractivity contribution is 0.157. The average Bonchev–Trinajstić information content (AvgIpc) is 2.89. The van der Waals surface area contributed by atoms with Crippen LogP contribution in [0.1, 0.15) is 36.0 Å². The van der Waals surface area contributed by atoms with E-state index in [1.54, 1.807) is 0 Å². The van der Waals surface area contributed by atoms with E-state index in [4.69, 9.17) is 11.0 Å². The number of nitriles is 1. The quantitative estimate of drug-likeness (QED) is 0.928. The van der Waals surface area contributed by atoms with Crippen LogP contribution in [-0.2, 0) is 18.1 Å². The molecule has 0 unspecified atom stereocenters. The molecule has 0 radical (unpaired) electrons. The number of hydrogen-bond acceptors (Lipinski definition) is 4. The van der Waals surface area contributed by atoms with E-state index in [1.165, 1.54) is 22.4 Å². The van der Waals surface area contributed by atoms with Crippen LogP contribution in [0.5, 0.6) is 0 Å². The molecule has 3 nitrogen and oxygen atoms in total. The first kappa shape index (κ1) is 13.9. The minimum atomic E-state index is -0.250. The summed E-state index contributed by atoms with van der Waals surface area (Å²) in [6.45, 7) is 3.02. The molecule has 106 valence electrons. The number of rotatable bonds is 3. The molecule has 3 rings (SSSR count). The van der Waals surface area contributed by atoms with Gasteiger partial charge in [-0.3, -0.25) is 4.90 Å². The van der Waals surface area contributed by atoms with Gasteiger partial charge in [-0.15, -0.1) is 0 Å². The van der Waals surface area contributed by atoms with E-state index in [9.17, 15) is 0 Å². The zero-order chi connectivity index (χ0) is 14.0. The van der Waals surface area contributed by atoms with Gasteiger partial charge in [-0.2, -0.15) is 17.0 Å². The summed E-state index contributed by atoms with van der Waals surface area (Å²) in [6, 6.07) is 9.15. The molecule has 2 N–H and O–H groups in total. The van der Waals surface area contributed by atoms with Crippen molar-refractivity contribution in [1.29, 1.82) is 5.26 Å². The van der Waals surface area contributed by atoms with Crippen molar-refractivity contribution < 1.29 is 0 Å². The van der Waals surface area contributed by atoms with E-state index in [-0.39, 0.29) is 5.54 Å². The first-order chi connectivity index (χ1) is 9.68. The van der Waals surface area contributed by atoms with Crippen LogP contribution in [0.4, 0.5) is 0 Å². The molecule has 20 heavy (non-hydrogen) atoms. The number of thioether (sulfide) groups is 1. The summed E-state index contributed by atoms with van der Waals surface area (Å²) in [5.74, 6) is 2.33. The van der Waals surface area contributed by atoms with Gasteiger partial charge in [-0.05, 0) is 29.5 Å². The Kier molecular flexibility index (Phi) is 4.02. The van der Waals surface area contributed by atoms with E-state index in [0.29, 0.717) is 6.42 Å². The van der Waals surface area contributed by atoms with Crippen LogP contribution < -0.4 is 5.73 Å². The van der Waals surface area contributed by atoms with Gasteiger partial charge >= 0.3 is 0 Å². The van der Waals surface area contributed by atoms with Crippen LogP contribution >= 0.6 is 11.8 Å². The van der Waals surface area contributed by atoms with Crippen molar-refractivity contribution in [1.82, 2.24) is 4.90 Å². The number of likely N-dealkylation sites (tertiary alicyclic amines) is 1. The van der Waals surface area contributed by atoms with Gasteiger partial charge in [0.05, 0.1) is 12.5 Å². The van der Waals surface area contributed by atoms with Crippen molar-refractivity contribution in [3.8, 4) is 6.07 Å². The summed E-state index contributed by atoms with van der Waals surface area (Å²) in [5, 5.41) is 8.83. The molecule has 0 spiro atoms. The van der Waals surface area contributed by atoms with E-state index in [1.807, 2.05) is 11.8 Å². The van der Waals surface area contributed by atoms with Crippen molar-refractivity contribution in [2.75, 3.05) is 13.1 Å². The predicted octanol–water partition coefficient (Wildman–Crippen LogP) is 2.64. The molecule has 1 aromatic carbocycles. The minimum Gasteiger partial charge on any atom is -0.324 e. The summed E-state index contributed by atoms with van der Waals surface area (Å²) in [6.07, 6.45) is 2.35. The Bertz CT molecular complexity index is 527. The van der Waals surface area contributed by atoms with Crippen molar-refractivity contribution in [2.24, 2.45) is 5.73 Å². The van der Waals surface area contributed by atoms with Gasteiger partial charge in [0.2, 0.25) is 0 Å². The van der Waals surface area contributed by atoms with E-state index >= 15 is 0 Å². The number of nitrogens with two attached hydrogens (primary N) is 1. The molecule has 0 bridgehead atoms. The Balaban J connectivity index is 1.59. The molecule has 0 amide bonds. The third kappa shape index (κ3) is 3.01. The smallest absolute Gasteiger partial charge is 0.0641 e. The molecule has 0 saturated carbocycles. The maximum Gasteiger partial charge on any atom is 0.0641 e. The Morgan fingerprint density at radius 1 is 1.25 bits per heavy atom. The van der Waals surface area contributed by atoms with Crippen molar-refractivity contribution >= 4 is 11.8 Å². The number of hydrogen-bond donors (Lipinski definition) is 1. The Morgan fingerprint density at radius 2 is 2.00 bits per heavy atom. The fourth-order valence-corrected chi connectivity index (χ4v) is 4.16. The molecular formula is C16H21N3S. The van der Waals surface area contributed by atoms with Gasteiger partial charge in [0, 0.05) is 36.7 Å². The molecule has 4 heteroatoms. The molecule has 1 fully saturated rings. The molecule has 0 aliphatic carbocycles. The van der Waals surface area contributed by atoms with Gasteiger partial charge in [-0.25, -0.2) is 0 Å². The van der Waals surface area contributed by atoms with Crippen LogP contribution in [-0.4, -0.2) is 23.5 Å². The van der Waals surface area contributed by atoms with Gasteiger partial charge in [0.1, 0.15) is 0 Å². The van der Waals surface area contributed by atoms with Crippen LogP contribution in [0.3, 0.4) is 0 Å². The lowest BCUT2D eigenvalue weighted by atomic mass is 9.86. The largest absolute Gasteiger partial charge is 0.324 e. The topological polar surface area (TPSA) is 53.1 Å². The zero-order valence-electron chi connectivity index (χ0n) is 11.8. The van der Waals surface area contributed by atoms with Crippen LogP contribution in [0.15, 0.2) is 18.2 Å². The van der Waals surface area contributed by atoms with Gasteiger partial charge in [-0.1, -0.05) is 18.2 Å². The number of piperidine rings is 1. The lowest BCUT2D eigenvalue weighted by Gasteiger charge is -2.38. The lowest BCUT2D eigenvalue weighted by Crippen LogP contribution is -2.49. The summed E-state index contributed by atoms with van der Waals surface area (Å²) in [7, 11) is 0. The molecule has 1 saturated heterocycles. The Labute approximate surface area is 125 Å². The van der Waals surface area contributed by atoms with Crippen molar-refractivity contribution in [3.63, 3.8) is 0 Å². The first-order valence-corrected chi connectivity index (χ1v) is 8.41. The van der Waals surface area contributed by atoms with Gasteiger partial charge in [0.25, 0.3) is 0 Å². The zero-order valence-corrected chi connectivity index (χ0v) is 12.6. The third-order valence-corrected chi connectivity index (χ3v) is 5.51. The SMILES string of the molecule is N#CCC1(N)CCN(Cc2ccc3c(c2)CSC3)CC1. The molecular weight excluding hydrogens is 266 g/mol. The number of fused-ring (bicyclic) bond motifs is 1. The van der Waals surface area contributed by atoms with Crippen LogP contribution in [0, 0.1) is 11.3 Å². The molecule has 0 aromatic heterocycles. The fraction of sp³-hybridized carbons (Fsp3) is 0.562. The number of benzene rings is 1. The summed E-state index contributed by atoms with van der Waals surface area (Å²) in [4.78, 5) is 2.46. The Hall–Kier alpha value is -1.02. The standard InChI is InChI=1S/C16H21N3S/c17-6-3-16(18)4-7-19(8-5-16)10-13-1-2-14-11-20-12-15(14)9-13/h1-2,9H,3-5,7-8,10-12,18H2. The average molecular weight is 287 g/mol. The molecule has 2 aliphatic heterocycles. The summed E-state index contributed by atoms with van der Waals surface area (Å²) < 4.78 is 0. The second kappa shape index (κ2) is 5.77. The normalized spacial score (nSPS) is 21.4. The molecule has 2 heterocycles. The predicted molar refractivity (Wildman–Crippen MR) is 83.1 cm³/mol. The maximum absolute atomic E-state index is 8.83. The van der Waals surface area contributed by atoms with Crippen LogP contribution in [0.25, 0.3) is 0 Å². The summed E-state index contributed by atoms with van der Waals surface area (Å²) >= 11 is 2.00. The first-order valence-electron chi connectivity index (χ1n) is 7.25. The highest BCUT2D eigenvalue weighted by atomic mass is 32.2. The highest BCUT2D eigenvalue weighted by Gasteiger charge is 2.30. The van der Waals surface area contributed by atoms with E-state index in [0.717, 1.165) is 38.2 Å². The van der Waals surface area contributed by atoms with Crippen LogP contribution in [0.2, 0.25) is 0 Å². The van der Waals surface area contributed by atoms with E-state index < -0.39 is 0 Å². The monoisotopic (exact) mass is 287 g/mol. The van der Waals surface area contributed by atoms with Crippen molar-refractivity contribution in [2.45, 2.75) is 42.9 Å². The third-order valence-electron chi connectivity index (χ3n) is 4.47. The number of nitrogens with zero attached hydrogens (tertiary/aromatic N) is 2. The van der Waals surface area contributed by atoms with E-state index in [2.05, 4.69) is 29.2 Å². The van der Waals surface area contributed by atoms with Crippen molar-refractivity contribution in [3.05, 3.63) is 34.9 Å². The second-order valence-electron chi connectivity index (χ2n) is 6.07. The maximum atomic E-state index is 8.83. The molecule has 2 aliphatic rings. The fourth-order valence-electron chi connectivity index (χ4n) is 3.07. The summed E-state index contributed by atoms with van der Waals surface area (Å²) in [5.41, 5.74) is 10.4. The van der Waals surface area contributed by atoms with Gasteiger partial charge < -0.3 is 5.73 Å². The van der Waals surface area contributed by atoms with Gasteiger partial charge in [0.15, 0.2) is 0 Å². The highest BCUT2D eigenvalue weighted by molar-refractivity contribution is 7.98. The molecule has 0 atom stereocenters. The molecule has 1 aromatic rings. The minimum absolute atomic E-state index is 0.250.